The standard InChI is InChI=1S/C11H11F2N5O/c12-8-2-1-3-9(11(8)13)15-10(19)6-18-5-7(4-14)16-17-18/h1-3,5H,4,6,14H2,(H,15,19). The molecule has 1 heterocycles. The molecule has 2 aromatic rings. The smallest absolute Gasteiger partial charge is 0.246 e. The number of carbonyl (C=O) groups excluding carboxylic acids is 1. The zero-order chi connectivity index (χ0) is 13.8. The largest absolute Gasteiger partial charge is 0.325 e. The Balaban J connectivity index is 2.03. The van der Waals surface area contributed by atoms with Crippen molar-refractivity contribution in [3.63, 3.8) is 0 Å². The van der Waals surface area contributed by atoms with Gasteiger partial charge in [-0.3, -0.25) is 4.79 Å². The van der Waals surface area contributed by atoms with Crippen molar-refractivity contribution in [3.8, 4) is 0 Å². The Kier molecular flexibility index (Phi) is 3.81. The Morgan fingerprint density at radius 3 is 2.89 bits per heavy atom. The van der Waals surface area contributed by atoms with Crippen LogP contribution >= 0.6 is 0 Å². The fourth-order valence-corrected chi connectivity index (χ4v) is 1.45. The van der Waals surface area contributed by atoms with Gasteiger partial charge in [-0.25, -0.2) is 13.5 Å². The molecule has 0 atom stereocenters. The number of nitrogens with zero attached hydrogens (tertiary/aromatic N) is 3. The van der Waals surface area contributed by atoms with E-state index in [0.717, 1.165) is 6.07 Å². The number of benzene rings is 1. The normalized spacial score (nSPS) is 10.5. The van der Waals surface area contributed by atoms with Crippen LogP contribution in [0.25, 0.3) is 0 Å². The Morgan fingerprint density at radius 2 is 2.21 bits per heavy atom. The average Bonchev–Trinajstić information content (AvgIpc) is 2.82. The molecule has 0 unspecified atom stereocenters. The molecule has 0 saturated carbocycles. The van der Waals surface area contributed by atoms with Crippen molar-refractivity contribution in [2.45, 2.75) is 13.1 Å². The molecule has 0 aliphatic heterocycles. The summed E-state index contributed by atoms with van der Waals surface area (Å²) in [6.45, 7) is 0.0447. The van der Waals surface area contributed by atoms with E-state index in [0.29, 0.717) is 5.69 Å². The highest BCUT2D eigenvalue weighted by Gasteiger charge is 2.11. The van der Waals surface area contributed by atoms with Crippen LogP contribution in [0.3, 0.4) is 0 Å². The van der Waals surface area contributed by atoms with Crippen LogP contribution < -0.4 is 11.1 Å². The fourth-order valence-electron chi connectivity index (χ4n) is 1.45. The van der Waals surface area contributed by atoms with E-state index in [1.54, 1.807) is 0 Å². The van der Waals surface area contributed by atoms with Crippen LogP contribution in [0.15, 0.2) is 24.4 Å². The molecular weight excluding hydrogens is 256 g/mol. The molecule has 0 aliphatic rings. The Labute approximate surface area is 107 Å². The first-order valence-corrected chi connectivity index (χ1v) is 5.43. The molecule has 3 N–H and O–H groups in total. The summed E-state index contributed by atoms with van der Waals surface area (Å²) in [7, 11) is 0. The highest BCUT2D eigenvalue weighted by Crippen LogP contribution is 2.16. The SMILES string of the molecule is NCc1cn(CC(=O)Nc2cccc(F)c2F)nn1. The number of hydrogen-bond donors (Lipinski definition) is 2. The Bertz CT molecular complexity index is 599. The summed E-state index contributed by atoms with van der Waals surface area (Å²) < 4.78 is 27.5. The van der Waals surface area contributed by atoms with Crippen LogP contribution in [0.1, 0.15) is 5.69 Å². The van der Waals surface area contributed by atoms with Gasteiger partial charge in [-0.05, 0) is 12.1 Å². The maximum Gasteiger partial charge on any atom is 0.246 e. The van der Waals surface area contributed by atoms with Crippen molar-refractivity contribution in [2.24, 2.45) is 5.73 Å². The van der Waals surface area contributed by atoms with Crippen molar-refractivity contribution < 1.29 is 13.6 Å². The maximum absolute atomic E-state index is 13.3. The quantitative estimate of drug-likeness (QED) is 0.851. The summed E-state index contributed by atoms with van der Waals surface area (Å²) >= 11 is 0. The third-order valence-electron chi connectivity index (χ3n) is 2.33. The number of hydrogen-bond acceptors (Lipinski definition) is 4. The van der Waals surface area contributed by atoms with Gasteiger partial charge in [0.2, 0.25) is 5.91 Å². The summed E-state index contributed by atoms with van der Waals surface area (Å²) in [5, 5.41) is 9.62. The minimum atomic E-state index is -1.10. The van der Waals surface area contributed by atoms with E-state index in [-0.39, 0.29) is 18.8 Å². The molecule has 1 aromatic carbocycles. The fraction of sp³-hybridized carbons (Fsp3) is 0.182. The summed E-state index contributed by atoms with van der Waals surface area (Å²) in [5.74, 6) is -2.67. The first-order valence-electron chi connectivity index (χ1n) is 5.43. The van der Waals surface area contributed by atoms with Gasteiger partial charge in [-0.2, -0.15) is 0 Å². The summed E-state index contributed by atoms with van der Waals surface area (Å²) in [5.41, 5.74) is 5.66. The lowest BCUT2D eigenvalue weighted by Crippen LogP contribution is -2.20. The number of aromatic nitrogens is 3. The topological polar surface area (TPSA) is 85.8 Å². The Morgan fingerprint density at radius 1 is 1.42 bits per heavy atom. The number of rotatable bonds is 4. The zero-order valence-electron chi connectivity index (χ0n) is 9.81. The van der Waals surface area contributed by atoms with E-state index in [2.05, 4.69) is 15.6 Å². The third-order valence-corrected chi connectivity index (χ3v) is 2.33. The number of amides is 1. The van der Waals surface area contributed by atoms with Crippen molar-refractivity contribution in [1.82, 2.24) is 15.0 Å². The van der Waals surface area contributed by atoms with Gasteiger partial charge in [-0.15, -0.1) is 5.10 Å². The van der Waals surface area contributed by atoms with Crippen molar-refractivity contribution in [1.29, 1.82) is 0 Å². The molecule has 100 valence electrons. The van der Waals surface area contributed by atoms with Gasteiger partial charge in [0.05, 0.1) is 17.6 Å². The van der Waals surface area contributed by atoms with Gasteiger partial charge < -0.3 is 11.1 Å². The van der Waals surface area contributed by atoms with Crippen LogP contribution in [-0.2, 0) is 17.9 Å². The maximum atomic E-state index is 13.3. The first-order chi connectivity index (χ1) is 9.10. The molecule has 2 rings (SSSR count). The van der Waals surface area contributed by atoms with Crippen LogP contribution in [0.2, 0.25) is 0 Å². The van der Waals surface area contributed by atoms with Gasteiger partial charge in [0.15, 0.2) is 11.6 Å². The van der Waals surface area contributed by atoms with E-state index in [1.807, 2.05) is 0 Å². The van der Waals surface area contributed by atoms with Gasteiger partial charge >= 0.3 is 0 Å². The number of halogens is 2. The second kappa shape index (κ2) is 5.53. The van der Waals surface area contributed by atoms with Crippen LogP contribution in [0.5, 0.6) is 0 Å². The third kappa shape index (κ3) is 3.10. The molecule has 0 aliphatic carbocycles. The molecular formula is C11H11F2N5O. The van der Waals surface area contributed by atoms with Gasteiger partial charge in [-0.1, -0.05) is 11.3 Å². The van der Waals surface area contributed by atoms with E-state index < -0.39 is 17.5 Å². The second-order valence-electron chi connectivity index (χ2n) is 3.76. The molecule has 0 radical (unpaired) electrons. The predicted molar refractivity (Wildman–Crippen MR) is 62.9 cm³/mol. The van der Waals surface area contributed by atoms with Crippen molar-refractivity contribution in [3.05, 3.63) is 41.7 Å². The lowest BCUT2D eigenvalue weighted by atomic mass is 10.3. The molecule has 8 heteroatoms. The number of nitrogens with two attached hydrogens (primary N) is 1. The van der Waals surface area contributed by atoms with Crippen molar-refractivity contribution >= 4 is 11.6 Å². The van der Waals surface area contributed by atoms with Gasteiger partial charge in [0.1, 0.15) is 6.54 Å². The predicted octanol–water partition coefficient (Wildman–Crippen LogP) is 0.654. The molecule has 0 bridgehead atoms. The molecule has 1 aromatic heterocycles. The molecule has 0 fully saturated rings. The molecule has 6 nitrogen and oxygen atoms in total. The summed E-state index contributed by atoms with van der Waals surface area (Å²) in [4.78, 5) is 11.6. The van der Waals surface area contributed by atoms with Crippen molar-refractivity contribution in [2.75, 3.05) is 5.32 Å². The highest BCUT2D eigenvalue weighted by atomic mass is 19.2. The van der Waals surface area contributed by atoms with Gasteiger partial charge in [0, 0.05) is 6.54 Å². The van der Waals surface area contributed by atoms with E-state index in [9.17, 15) is 13.6 Å². The van der Waals surface area contributed by atoms with E-state index >= 15 is 0 Å². The summed E-state index contributed by atoms with van der Waals surface area (Å²) in [6, 6.07) is 3.54. The highest BCUT2D eigenvalue weighted by molar-refractivity contribution is 5.90. The zero-order valence-corrected chi connectivity index (χ0v) is 9.81. The summed E-state index contributed by atoms with van der Waals surface area (Å²) in [6.07, 6.45) is 1.50. The van der Waals surface area contributed by atoms with Crippen LogP contribution in [0.4, 0.5) is 14.5 Å². The number of nitrogens with one attached hydrogen (secondary N) is 1. The molecule has 0 saturated heterocycles. The Hall–Kier alpha value is -2.35. The first kappa shape index (κ1) is 13.1. The average molecular weight is 267 g/mol. The number of carbonyl (C=O) groups is 1. The monoisotopic (exact) mass is 267 g/mol. The lowest BCUT2D eigenvalue weighted by Gasteiger charge is -2.06. The molecule has 19 heavy (non-hydrogen) atoms. The van der Waals surface area contributed by atoms with Crippen LogP contribution in [0, 0.1) is 11.6 Å². The minimum absolute atomic E-state index is 0.164. The molecule has 1 amide bonds. The second-order valence-corrected chi connectivity index (χ2v) is 3.76. The van der Waals surface area contributed by atoms with Gasteiger partial charge in [0.25, 0.3) is 0 Å². The molecule has 0 spiro atoms. The van der Waals surface area contributed by atoms with E-state index in [4.69, 9.17) is 5.73 Å². The number of anilines is 1. The van der Waals surface area contributed by atoms with E-state index in [1.165, 1.54) is 23.0 Å². The minimum Gasteiger partial charge on any atom is -0.325 e. The lowest BCUT2D eigenvalue weighted by molar-refractivity contribution is -0.116. The van der Waals surface area contributed by atoms with Crippen LogP contribution in [-0.4, -0.2) is 20.9 Å².